The first kappa shape index (κ1) is 40.8. The monoisotopic (exact) mass is 766 g/mol. The number of aromatic hydroxyl groups is 2. The Hall–Kier alpha value is -5.94. The molecular weight excluding hydrogens is 730 g/mol. The Balaban J connectivity index is 1.83. The molecule has 2 aromatic carbocycles. The number of nitrogens with zero attached hydrogens (tertiary/aromatic N) is 2. The number of methoxy groups -OCH3 is 4. The number of phenolic OH excluding ortho intramolecular Hbond substituents is 2. The average Bonchev–Trinajstić information content (AvgIpc) is 3.14. The Labute approximate surface area is 305 Å². The van der Waals surface area contributed by atoms with Crippen LogP contribution in [-0.4, -0.2) is 60.4 Å². The number of benzene rings is 2. The van der Waals surface area contributed by atoms with Crippen LogP contribution >= 0.6 is 0 Å². The lowest BCUT2D eigenvalue weighted by molar-refractivity contribution is -0.143. The molecule has 12 nitrogen and oxygen atoms in total. The quantitative estimate of drug-likeness (QED) is 0.112. The number of hydrogen-bond donors (Lipinski definition) is 4. The van der Waals surface area contributed by atoms with Gasteiger partial charge < -0.3 is 39.8 Å². The molecule has 0 aliphatic rings. The largest absolute Gasteiger partial charge is 0.502 e. The Morgan fingerprint density at radius 3 is 1.22 bits per heavy atom. The summed E-state index contributed by atoms with van der Waals surface area (Å²) in [5, 5.41) is 25.9. The molecule has 18 heteroatoms. The van der Waals surface area contributed by atoms with E-state index in [-0.39, 0.29) is 69.6 Å². The number of rotatable bonds is 15. The molecule has 2 atom stereocenters. The van der Waals surface area contributed by atoms with Crippen LogP contribution in [0.3, 0.4) is 0 Å². The molecule has 54 heavy (non-hydrogen) atoms. The molecule has 0 aliphatic carbocycles. The minimum Gasteiger partial charge on any atom is -0.502 e. The van der Waals surface area contributed by atoms with Crippen molar-refractivity contribution in [2.75, 3.05) is 28.4 Å². The number of alkyl halides is 6. The number of phenols is 2. The molecule has 0 fully saturated rings. The number of amides is 2. The fraction of sp³-hybridized carbons (Fsp3) is 0.333. The van der Waals surface area contributed by atoms with E-state index in [1.807, 2.05) is 0 Å². The SMILES string of the molecule is COc1cc(C[C@H](C(=O)NCc2cccnc2C(F)(F)F)[C@@H](Cc2cc(OC)c(O)c(OC)c2)C(=O)NCc2cccnc2C(F)(F)F)cc(OC)c1O. The van der Waals surface area contributed by atoms with Gasteiger partial charge in [0.2, 0.25) is 23.3 Å². The van der Waals surface area contributed by atoms with Gasteiger partial charge in [0.1, 0.15) is 11.4 Å². The van der Waals surface area contributed by atoms with Gasteiger partial charge in [0.15, 0.2) is 23.0 Å². The summed E-state index contributed by atoms with van der Waals surface area (Å²) in [6, 6.07) is 10.2. The zero-order valence-electron chi connectivity index (χ0n) is 29.3. The van der Waals surface area contributed by atoms with Gasteiger partial charge in [-0.25, -0.2) is 0 Å². The third-order valence-electron chi connectivity index (χ3n) is 8.38. The van der Waals surface area contributed by atoms with Gasteiger partial charge in [-0.2, -0.15) is 26.3 Å². The van der Waals surface area contributed by atoms with Gasteiger partial charge in [-0.1, -0.05) is 12.1 Å². The standard InChI is InChI=1S/C36H36F6N4O8/c1-51-25-13-19(14-26(52-2)29(25)47)11-23(33(49)45-17-21-7-5-9-43-31(21)35(37,38)39)24(12-20-15-27(53-3)30(48)28(16-20)54-4)34(50)46-18-22-8-6-10-44-32(22)36(40,41)42/h5-10,13-16,23-24,47-48H,11-12,17-18H2,1-4H3,(H,45,49)(H,46,50)/t23-,24+. The van der Waals surface area contributed by atoms with E-state index in [4.69, 9.17) is 18.9 Å². The molecule has 4 N–H and O–H groups in total. The molecule has 0 saturated carbocycles. The van der Waals surface area contributed by atoms with Crippen LogP contribution in [0.1, 0.15) is 33.6 Å². The van der Waals surface area contributed by atoms with Crippen LogP contribution in [-0.2, 0) is 47.9 Å². The maximum absolute atomic E-state index is 14.2. The normalized spacial score (nSPS) is 12.7. The van der Waals surface area contributed by atoms with E-state index in [1.165, 1.54) is 64.8 Å². The van der Waals surface area contributed by atoms with Crippen molar-refractivity contribution in [2.24, 2.45) is 11.8 Å². The summed E-state index contributed by atoms with van der Waals surface area (Å²) < 4.78 is 104. The summed E-state index contributed by atoms with van der Waals surface area (Å²) in [6.45, 7) is -1.33. The molecule has 290 valence electrons. The van der Waals surface area contributed by atoms with Crippen molar-refractivity contribution < 1.29 is 65.1 Å². The average molecular weight is 767 g/mol. The lowest BCUT2D eigenvalue weighted by atomic mass is 9.81. The fourth-order valence-electron chi connectivity index (χ4n) is 5.77. The highest BCUT2D eigenvalue weighted by Gasteiger charge is 2.39. The van der Waals surface area contributed by atoms with Gasteiger partial charge in [0, 0.05) is 36.6 Å². The molecule has 2 amide bonds. The zero-order valence-corrected chi connectivity index (χ0v) is 29.3. The van der Waals surface area contributed by atoms with Crippen LogP contribution < -0.4 is 29.6 Å². The van der Waals surface area contributed by atoms with E-state index >= 15 is 0 Å². The Morgan fingerprint density at radius 2 is 0.944 bits per heavy atom. The van der Waals surface area contributed by atoms with Crippen molar-refractivity contribution in [3.8, 4) is 34.5 Å². The van der Waals surface area contributed by atoms with Gasteiger partial charge in [-0.15, -0.1) is 0 Å². The number of nitrogens with one attached hydrogen (secondary N) is 2. The van der Waals surface area contributed by atoms with Gasteiger partial charge in [-0.05, 0) is 60.4 Å². The molecule has 0 radical (unpaired) electrons. The summed E-state index contributed by atoms with van der Waals surface area (Å²) >= 11 is 0. The maximum Gasteiger partial charge on any atom is 0.433 e. The van der Waals surface area contributed by atoms with Crippen LogP contribution in [0.2, 0.25) is 0 Å². The molecule has 4 aromatic rings. The first-order valence-electron chi connectivity index (χ1n) is 16.0. The van der Waals surface area contributed by atoms with Crippen molar-refractivity contribution in [3.63, 3.8) is 0 Å². The molecule has 0 unspecified atom stereocenters. The topological polar surface area (TPSA) is 161 Å². The summed E-state index contributed by atoms with van der Waals surface area (Å²) in [4.78, 5) is 35.2. The van der Waals surface area contributed by atoms with Gasteiger partial charge in [-0.3, -0.25) is 19.6 Å². The molecule has 0 bridgehead atoms. The molecule has 0 aliphatic heterocycles. The van der Waals surface area contributed by atoms with E-state index in [2.05, 4.69) is 20.6 Å². The number of carbonyl (C=O) groups excluding carboxylic acids is 2. The smallest absolute Gasteiger partial charge is 0.433 e. The molecule has 0 saturated heterocycles. The first-order valence-corrected chi connectivity index (χ1v) is 16.0. The third-order valence-corrected chi connectivity index (χ3v) is 8.38. The number of hydrogen-bond acceptors (Lipinski definition) is 10. The Kier molecular flexibility index (Phi) is 13.0. The second-order valence-electron chi connectivity index (χ2n) is 11.8. The van der Waals surface area contributed by atoms with E-state index in [0.717, 1.165) is 24.5 Å². The van der Waals surface area contributed by atoms with Crippen molar-refractivity contribution in [3.05, 3.63) is 94.6 Å². The predicted molar refractivity (Wildman–Crippen MR) is 179 cm³/mol. The van der Waals surface area contributed by atoms with E-state index in [1.54, 1.807) is 0 Å². The highest BCUT2D eigenvalue weighted by atomic mass is 19.4. The molecule has 2 heterocycles. The highest BCUT2D eigenvalue weighted by Crippen LogP contribution is 2.41. The van der Waals surface area contributed by atoms with Crippen molar-refractivity contribution in [2.45, 2.75) is 38.3 Å². The zero-order chi connectivity index (χ0) is 39.8. The number of ether oxygens (including phenoxy) is 4. The van der Waals surface area contributed by atoms with E-state index < -0.39 is 60.5 Å². The summed E-state index contributed by atoms with van der Waals surface area (Å²) in [5.74, 6) is -5.81. The third kappa shape index (κ3) is 9.73. The van der Waals surface area contributed by atoms with Gasteiger partial charge >= 0.3 is 12.4 Å². The van der Waals surface area contributed by atoms with Crippen molar-refractivity contribution in [1.29, 1.82) is 0 Å². The number of aromatic nitrogens is 2. The lowest BCUT2D eigenvalue weighted by Crippen LogP contribution is -2.44. The fourth-order valence-corrected chi connectivity index (χ4v) is 5.77. The van der Waals surface area contributed by atoms with Crippen LogP contribution in [0.4, 0.5) is 26.3 Å². The van der Waals surface area contributed by atoms with Gasteiger partial charge in [0.25, 0.3) is 0 Å². The van der Waals surface area contributed by atoms with Crippen LogP contribution in [0.15, 0.2) is 60.9 Å². The van der Waals surface area contributed by atoms with Gasteiger partial charge in [0.05, 0.1) is 40.3 Å². The van der Waals surface area contributed by atoms with Crippen LogP contribution in [0.25, 0.3) is 0 Å². The van der Waals surface area contributed by atoms with E-state index in [9.17, 15) is 46.1 Å². The van der Waals surface area contributed by atoms with Crippen molar-refractivity contribution >= 4 is 11.8 Å². The maximum atomic E-state index is 14.2. The molecular formula is C36H36F6N4O8. The molecule has 4 rings (SSSR count). The first-order chi connectivity index (χ1) is 25.5. The minimum atomic E-state index is -4.86. The highest BCUT2D eigenvalue weighted by molar-refractivity contribution is 5.88. The second-order valence-corrected chi connectivity index (χ2v) is 11.8. The summed E-state index contributed by atoms with van der Waals surface area (Å²) in [5.41, 5.74) is -2.71. The Bertz CT molecular complexity index is 1770. The Morgan fingerprint density at radius 1 is 0.630 bits per heavy atom. The van der Waals surface area contributed by atoms with E-state index in [0.29, 0.717) is 0 Å². The number of halogens is 6. The number of pyridine rings is 2. The molecule has 0 spiro atoms. The van der Waals surface area contributed by atoms with Crippen LogP contribution in [0.5, 0.6) is 34.5 Å². The predicted octanol–water partition coefficient (Wildman–Crippen LogP) is 5.61. The molecule has 2 aromatic heterocycles. The second kappa shape index (κ2) is 17.3. The summed E-state index contributed by atoms with van der Waals surface area (Å²) in [6.07, 6.45) is -8.50. The lowest BCUT2D eigenvalue weighted by Gasteiger charge is -2.27. The number of carbonyl (C=O) groups is 2. The minimum absolute atomic E-state index is 0.0704. The van der Waals surface area contributed by atoms with Crippen LogP contribution in [0, 0.1) is 11.8 Å². The van der Waals surface area contributed by atoms with Crippen molar-refractivity contribution in [1.82, 2.24) is 20.6 Å². The summed E-state index contributed by atoms with van der Waals surface area (Å²) in [7, 11) is 5.02.